The van der Waals surface area contributed by atoms with Gasteiger partial charge < -0.3 is 15.2 Å². The lowest BCUT2D eigenvalue weighted by Crippen LogP contribution is -2.15. The van der Waals surface area contributed by atoms with E-state index in [0.717, 1.165) is 17.7 Å². The van der Waals surface area contributed by atoms with Crippen LogP contribution in [0.5, 0.6) is 11.5 Å². The van der Waals surface area contributed by atoms with Crippen molar-refractivity contribution in [3.8, 4) is 23.3 Å². The Hall–Kier alpha value is -1.66. The van der Waals surface area contributed by atoms with E-state index in [0.29, 0.717) is 5.75 Å². The molecule has 1 aromatic rings. The smallest absolute Gasteiger partial charge is 0.138 e. The van der Waals surface area contributed by atoms with Crippen molar-refractivity contribution in [3.05, 3.63) is 23.8 Å². The van der Waals surface area contributed by atoms with Gasteiger partial charge in [-0.15, -0.1) is 0 Å². The minimum Gasteiger partial charge on any atom is -0.497 e. The molecular weight excluding hydrogens is 202 g/mol. The predicted molar refractivity (Wildman–Crippen MR) is 64.7 cm³/mol. The van der Waals surface area contributed by atoms with Crippen molar-refractivity contribution in [2.75, 3.05) is 14.2 Å². The maximum absolute atomic E-state index is 5.73. The molecule has 0 aliphatic heterocycles. The van der Waals surface area contributed by atoms with Gasteiger partial charge in [0.25, 0.3) is 0 Å². The highest BCUT2D eigenvalue weighted by molar-refractivity contribution is 5.50. The van der Waals surface area contributed by atoms with Gasteiger partial charge >= 0.3 is 0 Å². The first-order valence-corrected chi connectivity index (χ1v) is 5.20. The zero-order valence-electron chi connectivity index (χ0n) is 9.91. The standard InChI is InChI=1S/C13H17NO2/c1-4-11(14)7-5-10-6-8-12(15-2)9-13(10)16-3/h6,8-9,11H,4,14H2,1-3H3. The molecule has 0 saturated carbocycles. The average Bonchev–Trinajstić information content (AvgIpc) is 2.35. The van der Waals surface area contributed by atoms with Crippen LogP contribution in [0.15, 0.2) is 18.2 Å². The van der Waals surface area contributed by atoms with E-state index in [1.807, 2.05) is 25.1 Å². The Balaban J connectivity index is 2.98. The molecule has 0 saturated heterocycles. The Bertz CT molecular complexity index is 404. The second-order valence-corrected chi connectivity index (χ2v) is 3.35. The fraction of sp³-hybridized carbons (Fsp3) is 0.385. The van der Waals surface area contributed by atoms with Crippen molar-refractivity contribution in [2.24, 2.45) is 5.73 Å². The number of rotatable bonds is 3. The molecule has 1 rings (SSSR count). The van der Waals surface area contributed by atoms with Gasteiger partial charge in [-0.3, -0.25) is 0 Å². The molecule has 1 atom stereocenters. The third-order valence-corrected chi connectivity index (χ3v) is 2.24. The molecule has 0 aromatic heterocycles. The number of methoxy groups -OCH3 is 2. The Labute approximate surface area is 96.6 Å². The second-order valence-electron chi connectivity index (χ2n) is 3.35. The normalized spacial score (nSPS) is 11.2. The third-order valence-electron chi connectivity index (χ3n) is 2.24. The van der Waals surface area contributed by atoms with Gasteiger partial charge in [-0.1, -0.05) is 18.8 Å². The summed E-state index contributed by atoms with van der Waals surface area (Å²) in [5, 5.41) is 0. The highest BCUT2D eigenvalue weighted by Crippen LogP contribution is 2.23. The molecule has 1 unspecified atom stereocenters. The summed E-state index contributed by atoms with van der Waals surface area (Å²) in [4.78, 5) is 0. The Morgan fingerprint density at radius 3 is 2.62 bits per heavy atom. The van der Waals surface area contributed by atoms with Gasteiger partial charge in [-0.2, -0.15) is 0 Å². The van der Waals surface area contributed by atoms with E-state index in [1.54, 1.807) is 14.2 Å². The minimum absolute atomic E-state index is 0.0909. The monoisotopic (exact) mass is 219 g/mol. The molecule has 1 aromatic carbocycles. The van der Waals surface area contributed by atoms with Crippen LogP contribution in [0, 0.1) is 11.8 Å². The van der Waals surface area contributed by atoms with E-state index in [-0.39, 0.29) is 6.04 Å². The summed E-state index contributed by atoms with van der Waals surface area (Å²) in [6.07, 6.45) is 0.839. The lowest BCUT2D eigenvalue weighted by atomic mass is 10.1. The molecule has 3 nitrogen and oxygen atoms in total. The number of ether oxygens (including phenoxy) is 2. The van der Waals surface area contributed by atoms with Crippen LogP contribution < -0.4 is 15.2 Å². The fourth-order valence-electron chi connectivity index (χ4n) is 1.17. The molecule has 0 aliphatic carbocycles. The van der Waals surface area contributed by atoms with Crippen LogP contribution in [0.4, 0.5) is 0 Å². The summed E-state index contributed by atoms with van der Waals surface area (Å²) >= 11 is 0. The zero-order chi connectivity index (χ0) is 12.0. The van der Waals surface area contributed by atoms with E-state index in [9.17, 15) is 0 Å². The average molecular weight is 219 g/mol. The summed E-state index contributed by atoms with van der Waals surface area (Å²) < 4.78 is 10.3. The van der Waals surface area contributed by atoms with Gasteiger partial charge in [0, 0.05) is 6.07 Å². The van der Waals surface area contributed by atoms with Crippen LogP contribution >= 0.6 is 0 Å². The van der Waals surface area contributed by atoms with E-state index < -0.39 is 0 Å². The third kappa shape index (κ3) is 3.18. The molecule has 2 N–H and O–H groups in total. The molecule has 0 spiro atoms. The first-order valence-electron chi connectivity index (χ1n) is 5.20. The van der Waals surface area contributed by atoms with E-state index in [1.165, 1.54) is 0 Å². The van der Waals surface area contributed by atoms with Crippen LogP contribution in [0.2, 0.25) is 0 Å². The Kier molecular flexibility index (Phi) is 4.68. The van der Waals surface area contributed by atoms with Gasteiger partial charge in [0.1, 0.15) is 11.5 Å². The van der Waals surface area contributed by atoms with E-state index >= 15 is 0 Å². The fourth-order valence-corrected chi connectivity index (χ4v) is 1.17. The number of hydrogen-bond donors (Lipinski definition) is 1. The topological polar surface area (TPSA) is 44.5 Å². The molecule has 3 heteroatoms. The minimum atomic E-state index is -0.0909. The lowest BCUT2D eigenvalue weighted by Gasteiger charge is -2.06. The highest BCUT2D eigenvalue weighted by atomic mass is 16.5. The molecule has 0 amide bonds. The quantitative estimate of drug-likeness (QED) is 0.788. The van der Waals surface area contributed by atoms with Gasteiger partial charge in [0.05, 0.1) is 25.8 Å². The zero-order valence-corrected chi connectivity index (χ0v) is 9.91. The first kappa shape index (κ1) is 12.4. The van der Waals surface area contributed by atoms with Crippen LogP contribution in [-0.2, 0) is 0 Å². The Morgan fingerprint density at radius 1 is 1.31 bits per heavy atom. The maximum Gasteiger partial charge on any atom is 0.138 e. The summed E-state index contributed by atoms with van der Waals surface area (Å²) in [6, 6.07) is 5.44. The van der Waals surface area contributed by atoms with Crippen molar-refractivity contribution in [1.82, 2.24) is 0 Å². The number of nitrogens with two attached hydrogens (primary N) is 1. The second kappa shape index (κ2) is 6.04. The van der Waals surface area contributed by atoms with Gasteiger partial charge in [-0.25, -0.2) is 0 Å². The molecule has 86 valence electrons. The summed E-state index contributed by atoms with van der Waals surface area (Å²) in [5.41, 5.74) is 6.56. The number of benzene rings is 1. The van der Waals surface area contributed by atoms with Crippen LogP contribution in [-0.4, -0.2) is 20.3 Å². The van der Waals surface area contributed by atoms with Crippen molar-refractivity contribution >= 4 is 0 Å². The van der Waals surface area contributed by atoms with Crippen molar-refractivity contribution < 1.29 is 9.47 Å². The molecule has 0 fully saturated rings. The molecule has 0 heterocycles. The molecule has 16 heavy (non-hydrogen) atoms. The van der Waals surface area contributed by atoms with Gasteiger partial charge in [-0.05, 0) is 18.6 Å². The molecule has 0 radical (unpaired) electrons. The van der Waals surface area contributed by atoms with E-state index in [4.69, 9.17) is 15.2 Å². The molecule has 0 bridgehead atoms. The van der Waals surface area contributed by atoms with Crippen LogP contribution in [0.1, 0.15) is 18.9 Å². The van der Waals surface area contributed by atoms with Crippen molar-refractivity contribution in [2.45, 2.75) is 19.4 Å². The van der Waals surface area contributed by atoms with Crippen LogP contribution in [0.3, 0.4) is 0 Å². The predicted octanol–water partition coefficient (Wildman–Crippen LogP) is 1.79. The highest BCUT2D eigenvalue weighted by Gasteiger charge is 2.02. The van der Waals surface area contributed by atoms with Gasteiger partial charge in [0.15, 0.2) is 0 Å². The first-order chi connectivity index (χ1) is 7.71. The Morgan fingerprint density at radius 2 is 2.06 bits per heavy atom. The molecular formula is C13H17NO2. The number of hydrogen-bond acceptors (Lipinski definition) is 3. The van der Waals surface area contributed by atoms with Gasteiger partial charge in [0.2, 0.25) is 0 Å². The largest absolute Gasteiger partial charge is 0.497 e. The SMILES string of the molecule is CCC(N)C#Cc1ccc(OC)cc1OC. The lowest BCUT2D eigenvalue weighted by molar-refractivity contribution is 0.393. The molecule has 0 aliphatic rings. The summed E-state index contributed by atoms with van der Waals surface area (Å²) in [6.45, 7) is 2.00. The van der Waals surface area contributed by atoms with Crippen molar-refractivity contribution in [3.63, 3.8) is 0 Å². The van der Waals surface area contributed by atoms with Crippen molar-refractivity contribution in [1.29, 1.82) is 0 Å². The maximum atomic E-state index is 5.73. The summed E-state index contributed by atoms with van der Waals surface area (Å²) in [7, 11) is 3.23. The van der Waals surface area contributed by atoms with E-state index in [2.05, 4.69) is 11.8 Å². The summed E-state index contributed by atoms with van der Waals surface area (Å²) in [5.74, 6) is 7.43. The van der Waals surface area contributed by atoms with Crippen LogP contribution in [0.25, 0.3) is 0 Å².